The Labute approximate surface area is 191 Å². The first-order valence-electron chi connectivity index (χ1n) is 10.3. The number of anilines is 1. The molecule has 9 heteroatoms. The Bertz CT molecular complexity index is 1080. The maximum absolute atomic E-state index is 12.4. The average Bonchev–Trinajstić information content (AvgIpc) is 3.18. The smallest absolute Gasteiger partial charge is 0.250 e. The highest BCUT2D eigenvalue weighted by Gasteiger charge is 2.15. The van der Waals surface area contributed by atoms with Gasteiger partial charge in [-0.15, -0.1) is 10.2 Å². The Hall–Kier alpha value is -3.33. The van der Waals surface area contributed by atoms with Crippen LogP contribution in [0.15, 0.2) is 53.7 Å². The van der Waals surface area contributed by atoms with Crippen molar-refractivity contribution in [3.05, 3.63) is 65.5 Å². The summed E-state index contributed by atoms with van der Waals surface area (Å²) >= 11 is 1.27. The van der Waals surface area contributed by atoms with Gasteiger partial charge in [-0.2, -0.15) is 0 Å². The maximum atomic E-state index is 12.4. The average molecular weight is 454 g/mol. The van der Waals surface area contributed by atoms with Crippen molar-refractivity contribution in [1.82, 2.24) is 14.8 Å². The molecule has 0 bridgehead atoms. The fourth-order valence-electron chi connectivity index (χ4n) is 3.07. The Balaban J connectivity index is 1.59. The van der Waals surface area contributed by atoms with Gasteiger partial charge in [0.2, 0.25) is 5.91 Å². The molecule has 3 aromatic rings. The van der Waals surface area contributed by atoms with E-state index in [1.165, 1.54) is 17.3 Å². The fourth-order valence-corrected chi connectivity index (χ4v) is 3.89. The van der Waals surface area contributed by atoms with E-state index >= 15 is 0 Å². The van der Waals surface area contributed by atoms with E-state index in [0.29, 0.717) is 29.1 Å². The molecule has 0 aliphatic rings. The van der Waals surface area contributed by atoms with Gasteiger partial charge in [-0.3, -0.25) is 9.59 Å². The highest BCUT2D eigenvalue weighted by Crippen LogP contribution is 2.22. The minimum Gasteiger partial charge on any atom is -0.486 e. The molecule has 0 aliphatic carbocycles. The number of nitrogens with zero attached hydrogens (tertiary/aromatic N) is 3. The molecule has 1 heterocycles. The van der Waals surface area contributed by atoms with Gasteiger partial charge in [0, 0.05) is 6.54 Å². The third-order valence-electron chi connectivity index (χ3n) is 4.82. The summed E-state index contributed by atoms with van der Waals surface area (Å²) in [4.78, 5) is 23.9. The molecule has 0 saturated heterocycles. The molecule has 0 atom stereocenters. The van der Waals surface area contributed by atoms with E-state index in [-0.39, 0.29) is 23.8 Å². The Morgan fingerprint density at radius 3 is 2.50 bits per heavy atom. The Morgan fingerprint density at radius 2 is 1.84 bits per heavy atom. The van der Waals surface area contributed by atoms with Crippen LogP contribution in [-0.2, 0) is 17.9 Å². The molecule has 2 aromatic carbocycles. The molecule has 0 unspecified atom stereocenters. The summed E-state index contributed by atoms with van der Waals surface area (Å²) < 4.78 is 7.78. The number of benzene rings is 2. The molecule has 168 valence electrons. The highest BCUT2D eigenvalue weighted by atomic mass is 32.2. The summed E-state index contributed by atoms with van der Waals surface area (Å²) in [5.74, 6) is 1.17. The van der Waals surface area contributed by atoms with Crippen molar-refractivity contribution in [2.45, 2.75) is 45.0 Å². The van der Waals surface area contributed by atoms with E-state index < -0.39 is 5.91 Å². The lowest BCUT2D eigenvalue weighted by atomic mass is 10.0. The second kappa shape index (κ2) is 10.8. The van der Waals surface area contributed by atoms with Crippen LogP contribution < -0.4 is 15.8 Å². The number of para-hydroxylation sites is 1. The van der Waals surface area contributed by atoms with Crippen molar-refractivity contribution in [1.29, 1.82) is 0 Å². The van der Waals surface area contributed by atoms with E-state index in [1.807, 2.05) is 23.6 Å². The van der Waals surface area contributed by atoms with Gasteiger partial charge in [-0.05, 0) is 42.7 Å². The van der Waals surface area contributed by atoms with Crippen molar-refractivity contribution in [2.75, 3.05) is 11.1 Å². The lowest BCUT2D eigenvalue weighted by molar-refractivity contribution is -0.113. The number of rotatable bonds is 10. The number of hydrogen-bond donors (Lipinski definition) is 2. The predicted octanol–water partition coefficient (Wildman–Crippen LogP) is 3.83. The van der Waals surface area contributed by atoms with E-state index in [1.54, 1.807) is 24.3 Å². The van der Waals surface area contributed by atoms with E-state index in [9.17, 15) is 9.59 Å². The van der Waals surface area contributed by atoms with E-state index in [4.69, 9.17) is 10.5 Å². The number of thioether (sulfide) groups is 1. The summed E-state index contributed by atoms with van der Waals surface area (Å²) in [7, 11) is 0. The largest absolute Gasteiger partial charge is 0.486 e. The van der Waals surface area contributed by atoms with Crippen molar-refractivity contribution in [3.63, 3.8) is 0 Å². The highest BCUT2D eigenvalue weighted by molar-refractivity contribution is 7.99. The number of carbonyl (C=O) groups excluding carboxylic acids is 2. The van der Waals surface area contributed by atoms with Crippen molar-refractivity contribution < 1.29 is 14.3 Å². The van der Waals surface area contributed by atoms with Crippen LogP contribution >= 0.6 is 11.8 Å². The van der Waals surface area contributed by atoms with Crippen LogP contribution in [0.1, 0.15) is 48.4 Å². The molecule has 0 saturated carbocycles. The van der Waals surface area contributed by atoms with Crippen LogP contribution in [0.25, 0.3) is 0 Å². The lowest BCUT2D eigenvalue weighted by Gasteiger charge is -2.11. The lowest BCUT2D eigenvalue weighted by Crippen LogP contribution is -2.19. The maximum Gasteiger partial charge on any atom is 0.250 e. The van der Waals surface area contributed by atoms with Crippen LogP contribution in [0.3, 0.4) is 0 Å². The first-order valence-corrected chi connectivity index (χ1v) is 11.3. The quantitative estimate of drug-likeness (QED) is 0.451. The molecular weight excluding hydrogens is 426 g/mol. The normalized spacial score (nSPS) is 10.9. The number of hydrogen-bond acceptors (Lipinski definition) is 6. The molecule has 3 N–H and O–H groups in total. The summed E-state index contributed by atoms with van der Waals surface area (Å²) in [5, 5.41) is 11.8. The zero-order valence-electron chi connectivity index (χ0n) is 18.4. The monoisotopic (exact) mass is 453 g/mol. The van der Waals surface area contributed by atoms with Gasteiger partial charge >= 0.3 is 0 Å². The number of nitrogens with two attached hydrogens (primary N) is 1. The standard InChI is InChI=1S/C23H27N5O3S/c1-4-28-20(13-31-17-11-9-16(10-12-17)15(2)3)26-27-23(28)32-14-21(29)25-19-8-6-5-7-18(19)22(24)30/h5-12,15H,4,13-14H2,1-3H3,(H2,24,30)(H,25,29). The first kappa shape index (κ1) is 23.3. The molecule has 1 aromatic heterocycles. The Kier molecular flexibility index (Phi) is 7.88. The number of carbonyl (C=O) groups is 2. The molecule has 3 rings (SSSR count). The number of amides is 2. The van der Waals surface area contributed by atoms with Crippen LogP contribution in [0.4, 0.5) is 5.69 Å². The fraction of sp³-hybridized carbons (Fsp3) is 0.304. The van der Waals surface area contributed by atoms with Crippen LogP contribution in [0.2, 0.25) is 0 Å². The van der Waals surface area contributed by atoms with Gasteiger partial charge in [-0.25, -0.2) is 0 Å². The molecule has 32 heavy (non-hydrogen) atoms. The summed E-state index contributed by atoms with van der Waals surface area (Å²) in [5.41, 5.74) is 7.27. The van der Waals surface area contributed by atoms with Gasteiger partial charge in [-0.1, -0.05) is 49.9 Å². The third kappa shape index (κ3) is 5.88. The van der Waals surface area contributed by atoms with Crippen LogP contribution in [-0.4, -0.2) is 32.3 Å². The van der Waals surface area contributed by atoms with Crippen LogP contribution in [0, 0.1) is 0 Å². The van der Waals surface area contributed by atoms with Crippen molar-refractivity contribution in [3.8, 4) is 5.75 Å². The molecule has 0 radical (unpaired) electrons. The zero-order valence-corrected chi connectivity index (χ0v) is 19.2. The van der Waals surface area contributed by atoms with Gasteiger partial charge in [0.15, 0.2) is 11.0 Å². The predicted molar refractivity (Wildman–Crippen MR) is 125 cm³/mol. The number of aromatic nitrogens is 3. The van der Waals surface area contributed by atoms with Gasteiger partial charge in [0.1, 0.15) is 12.4 Å². The molecule has 0 fully saturated rings. The summed E-state index contributed by atoms with van der Waals surface area (Å²) in [6.07, 6.45) is 0. The minimum atomic E-state index is -0.595. The molecule has 2 amide bonds. The van der Waals surface area contributed by atoms with Crippen LogP contribution in [0.5, 0.6) is 5.75 Å². The number of nitrogens with one attached hydrogen (secondary N) is 1. The number of primary amides is 1. The molecule has 0 aliphatic heterocycles. The Morgan fingerprint density at radius 1 is 1.12 bits per heavy atom. The zero-order chi connectivity index (χ0) is 23.1. The second-order valence-corrected chi connectivity index (χ2v) is 8.34. The third-order valence-corrected chi connectivity index (χ3v) is 5.79. The summed E-state index contributed by atoms with van der Waals surface area (Å²) in [6, 6.07) is 14.6. The van der Waals surface area contributed by atoms with E-state index in [0.717, 1.165) is 5.75 Å². The molecule has 8 nitrogen and oxygen atoms in total. The minimum absolute atomic E-state index is 0.114. The second-order valence-electron chi connectivity index (χ2n) is 7.40. The van der Waals surface area contributed by atoms with Gasteiger partial charge in [0.05, 0.1) is 17.0 Å². The SMILES string of the molecule is CCn1c(COc2ccc(C(C)C)cc2)nnc1SCC(=O)Nc1ccccc1C(N)=O. The van der Waals surface area contributed by atoms with Crippen molar-refractivity contribution >= 4 is 29.3 Å². The topological polar surface area (TPSA) is 112 Å². The molecule has 0 spiro atoms. The van der Waals surface area contributed by atoms with Crippen molar-refractivity contribution in [2.24, 2.45) is 5.73 Å². The first-order chi connectivity index (χ1) is 15.4. The van der Waals surface area contributed by atoms with Gasteiger partial charge in [0.25, 0.3) is 5.91 Å². The van der Waals surface area contributed by atoms with Gasteiger partial charge < -0.3 is 20.4 Å². The number of ether oxygens (including phenoxy) is 1. The summed E-state index contributed by atoms with van der Waals surface area (Å²) in [6.45, 7) is 7.20. The van der Waals surface area contributed by atoms with E-state index in [2.05, 4.69) is 41.5 Å². The molecular formula is C23H27N5O3S.